The minimum atomic E-state index is -0.560. The van der Waals surface area contributed by atoms with E-state index >= 15 is 0 Å². The number of rotatable bonds is 4. The zero-order chi connectivity index (χ0) is 42.2. The van der Waals surface area contributed by atoms with Crippen molar-refractivity contribution < 1.29 is 6.85 Å². The molecule has 1 spiro atoms. The van der Waals surface area contributed by atoms with Crippen molar-refractivity contribution in [1.82, 2.24) is 0 Å². The largest absolute Gasteiger partial charge is 0.310 e. The van der Waals surface area contributed by atoms with Crippen LogP contribution in [0.1, 0.15) is 54.1 Å². The third kappa shape index (κ3) is 4.40. The SMILES string of the molecule is [2H]c1c([2H])c([2H])c(-c2ccc(N(c3ccc4c(c3)C(C)(C)c3ccccc3-4)c3ccc4c(c3)C3(c5ccccc5-c5ccccc53)c3cc5ccccc5cc3-4)cc2)c([2H])c1[2H]. The first-order chi connectivity index (χ1) is 30.1. The number of fused-ring (bicyclic) bond motifs is 14. The highest BCUT2D eigenvalue weighted by molar-refractivity contribution is 6.01. The van der Waals surface area contributed by atoms with Gasteiger partial charge in [-0.1, -0.05) is 165 Å². The highest BCUT2D eigenvalue weighted by atomic mass is 15.1. The van der Waals surface area contributed by atoms with Gasteiger partial charge < -0.3 is 4.90 Å². The fourth-order valence-corrected chi connectivity index (χ4v) is 10.4. The van der Waals surface area contributed by atoms with Crippen molar-refractivity contribution >= 4 is 27.8 Å². The molecule has 3 aliphatic carbocycles. The zero-order valence-electron chi connectivity index (χ0n) is 36.6. The molecule has 0 unspecified atom stereocenters. The van der Waals surface area contributed by atoms with Crippen molar-refractivity contribution in [3.8, 4) is 44.5 Å². The minimum Gasteiger partial charge on any atom is -0.310 e. The van der Waals surface area contributed by atoms with Gasteiger partial charge in [-0.2, -0.15) is 0 Å². The number of hydrogen-bond donors (Lipinski definition) is 0. The summed E-state index contributed by atoms with van der Waals surface area (Å²) in [6.45, 7) is 4.60. The lowest BCUT2D eigenvalue weighted by atomic mass is 9.70. The van der Waals surface area contributed by atoms with Gasteiger partial charge in [-0.3, -0.25) is 0 Å². The third-order valence-corrected chi connectivity index (χ3v) is 12.9. The Labute approximate surface area is 341 Å². The summed E-state index contributed by atoms with van der Waals surface area (Å²) >= 11 is 0. The van der Waals surface area contributed by atoms with Crippen molar-refractivity contribution in [2.75, 3.05) is 4.90 Å². The lowest BCUT2D eigenvalue weighted by molar-refractivity contribution is 0.660. The van der Waals surface area contributed by atoms with Crippen LogP contribution < -0.4 is 4.90 Å². The molecule has 3 aliphatic rings. The van der Waals surface area contributed by atoms with Crippen LogP contribution in [0.3, 0.4) is 0 Å². The molecule has 268 valence electrons. The second-order valence-corrected chi connectivity index (χ2v) is 16.1. The van der Waals surface area contributed by atoms with Crippen LogP contribution in [0.2, 0.25) is 0 Å². The van der Waals surface area contributed by atoms with E-state index in [1.54, 1.807) is 0 Å². The molecular formula is C56H39N. The van der Waals surface area contributed by atoms with Crippen molar-refractivity contribution in [2.24, 2.45) is 0 Å². The summed E-state index contributed by atoms with van der Waals surface area (Å²) in [5.74, 6) is 0. The van der Waals surface area contributed by atoms with Crippen LogP contribution in [0.5, 0.6) is 0 Å². The van der Waals surface area contributed by atoms with Gasteiger partial charge >= 0.3 is 0 Å². The normalized spacial score (nSPS) is 15.6. The molecule has 0 bridgehead atoms. The smallest absolute Gasteiger partial charge is 0.0726 e. The van der Waals surface area contributed by atoms with E-state index in [1.807, 2.05) is 24.3 Å². The van der Waals surface area contributed by atoms with Gasteiger partial charge in [0.05, 0.1) is 12.3 Å². The molecule has 0 saturated carbocycles. The fourth-order valence-electron chi connectivity index (χ4n) is 10.4. The van der Waals surface area contributed by atoms with E-state index in [9.17, 15) is 0 Å². The first kappa shape index (κ1) is 27.6. The molecule has 12 rings (SSSR count). The van der Waals surface area contributed by atoms with E-state index in [0.717, 1.165) is 17.1 Å². The molecule has 1 nitrogen and oxygen atoms in total. The number of benzene rings is 9. The van der Waals surface area contributed by atoms with Crippen LogP contribution in [0, 0.1) is 0 Å². The second-order valence-electron chi connectivity index (χ2n) is 16.1. The van der Waals surface area contributed by atoms with Gasteiger partial charge in [-0.15, -0.1) is 0 Å². The molecule has 0 N–H and O–H groups in total. The molecule has 0 heterocycles. The van der Waals surface area contributed by atoms with Crippen LogP contribution in [0.25, 0.3) is 55.3 Å². The Hall–Kier alpha value is -6.96. The van der Waals surface area contributed by atoms with Crippen LogP contribution >= 0.6 is 0 Å². The number of hydrogen-bond acceptors (Lipinski definition) is 1. The first-order valence-electron chi connectivity index (χ1n) is 22.2. The van der Waals surface area contributed by atoms with Crippen molar-refractivity contribution in [3.05, 3.63) is 233 Å². The average molecular weight is 731 g/mol. The number of nitrogens with zero attached hydrogens (tertiary/aromatic N) is 1. The quantitative estimate of drug-likeness (QED) is 0.174. The molecule has 0 amide bonds. The van der Waals surface area contributed by atoms with Gasteiger partial charge in [0.2, 0.25) is 0 Å². The van der Waals surface area contributed by atoms with Crippen molar-refractivity contribution in [2.45, 2.75) is 24.7 Å². The van der Waals surface area contributed by atoms with E-state index in [1.165, 1.54) is 77.5 Å². The van der Waals surface area contributed by atoms with E-state index in [0.29, 0.717) is 5.56 Å². The van der Waals surface area contributed by atoms with Gasteiger partial charge in [-0.25, -0.2) is 0 Å². The summed E-state index contributed by atoms with van der Waals surface area (Å²) in [4.78, 5) is 2.31. The van der Waals surface area contributed by atoms with Crippen LogP contribution in [-0.2, 0) is 10.8 Å². The molecule has 0 atom stereocenters. The first-order valence-corrected chi connectivity index (χ1v) is 19.7. The van der Waals surface area contributed by atoms with Crippen LogP contribution in [-0.4, -0.2) is 0 Å². The molecular weight excluding hydrogens is 687 g/mol. The minimum absolute atomic E-state index is 0.189. The molecule has 9 aromatic carbocycles. The standard InChI is InChI=1S/C56H39N/c1-55(2)49-21-11-8-18-43(49)46-30-28-41(34-52(46)55)57(40-26-24-37(25-27-40)36-14-4-3-5-15-36)42-29-31-47-48-32-38-16-6-7-17-39(38)33-53(48)56(54(47)35-42)50-22-12-9-19-44(50)45-20-10-13-23-51(45)56/h3-35H,1-2H3/i3D,4D,5D,14D,15D. The summed E-state index contributed by atoms with van der Waals surface area (Å²) < 4.78 is 42.3. The molecule has 1 heteroatoms. The van der Waals surface area contributed by atoms with E-state index < -0.39 is 11.5 Å². The summed E-state index contributed by atoms with van der Waals surface area (Å²) in [6, 6.07) is 59.9. The predicted molar refractivity (Wildman–Crippen MR) is 238 cm³/mol. The van der Waals surface area contributed by atoms with E-state index in [2.05, 4.69) is 164 Å². The predicted octanol–water partition coefficient (Wildman–Crippen LogP) is 14.6. The Morgan fingerprint density at radius 2 is 0.842 bits per heavy atom. The van der Waals surface area contributed by atoms with Crippen LogP contribution in [0.15, 0.2) is 200 Å². The van der Waals surface area contributed by atoms with E-state index in [-0.39, 0.29) is 35.1 Å². The fraction of sp³-hybridized carbons (Fsp3) is 0.0714. The Morgan fingerprint density at radius 3 is 1.49 bits per heavy atom. The van der Waals surface area contributed by atoms with Crippen LogP contribution in [0.4, 0.5) is 17.1 Å². The molecule has 0 fully saturated rings. The van der Waals surface area contributed by atoms with Crippen molar-refractivity contribution in [1.29, 1.82) is 0 Å². The summed E-state index contributed by atoms with van der Waals surface area (Å²) in [5.41, 5.74) is 17.9. The Balaban J connectivity index is 1.11. The molecule has 0 radical (unpaired) electrons. The molecule has 0 aliphatic heterocycles. The van der Waals surface area contributed by atoms with Gasteiger partial charge in [0.15, 0.2) is 0 Å². The molecule has 57 heavy (non-hydrogen) atoms. The molecule has 0 saturated heterocycles. The van der Waals surface area contributed by atoms with Crippen molar-refractivity contribution in [3.63, 3.8) is 0 Å². The summed E-state index contributed by atoms with van der Waals surface area (Å²) in [5, 5.41) is 2.42. The topological polar surface area (TPSA) is 3.24 Å². The zero-order valence-corrected chi connectivity index (χ0v) is 31.6. The Kier molecular flexibility index (Phi) is 5.70. The average Bonchev–Trinajstić information content (AvgIpc) is 3.85. The highest BCUT2D eigenvalue weighted by Gasteiger charge is 2.52. The lowest BCUT2D eigenvalue weighted by Gasteiger charge is -2.32. The lowest BCUT2D eigenvalue weighted by Crippen LogP contribution is -2.26. The van der Waals surface area contributed by atoms with E-state index in [4.69, 9.17) is 6.85 Å². The summed E-state index contributed by atoms with van der Waals surface area (Å²) in [7, 11) is 0. The molecule has 0 aromatic heterocycles. The Morgan fingerprint density at radius 1 is 0.368 bits per heavy atom. The maximum atomic E-state index is 8.72. The van der Waals surface area contributed by atoms with Gasteiger partial charge in [0.25, 0.3) is 0 Å². The second kappa shape index (κ2) is 11.8. The maximum Gasteiger partial charge on any atom is 0.0726 e. The number of anilines is 3. The van der Waals surface area contributed by atoms with Gasteiger partial charge in [0, 0.05) is 22.5 Å². The Bertz CT molecular complexity index is 3330. The highest BCUT2D eigenvalue weighted by Crippen LogP contribution is 2.64. The van der Waals surface area contributed by atoms with Gasteiger partial charge in [0.1, 0.15) is 0 Å². The maximum absolute atomic E-state index is 8.72. The third-order valence-electron chi connectivity index (χ3n) is 12.9. The summed E-state index contributed by atoms with van der Waals surface area (Å²) in [6.07, 6.45) is 0. The monoisotopic (exact) mass is 730 g/mol. The molecule has 9 aromatic rings. The van der Waals surface area contributed by atoms with Gasteiger partial charge in [-0.05, 0) is 137 Å².